The normalized spacial score (nSPS) is 9.76. The number of carbonyl (C=O) groups is 2. The summed E-state index contributed by atoms with van der Waals surface area (Å²) in [5.74, 6) is 0. The van der Waals surface area contributed by atoms with Crippen molar-refractivity contribution in [1.29, 1.82) is 0 Å². The number of benzene rings is 2. The SMILES string of the molecule is COC(=O)Nc1ccccc1-c1cccc(NC(=O)O)c1. The zero-order chi connectivity index (χ0) is 15.2. The van der Waals surface area contributed by atoms with Gasteiger partial charge in [0.15, 0.2) is 0 Å². The van der Waals surface area contributed by atoms with Crippen LogP contribution in [0.2, 0.25) is 0 Å². The van der Waals surface area contributed by atoms with E-state index in [1.807, 2.05) is 18.2 Å². The van der Waals surface area contributed by atoms with E-state index >= 15 is 0 Å². The summed E-state index contributed by atoms with van der Waals surface area (Å²) in [7, 11) is 1.29. The van der Waals surface area contributed by atoms with Gasteiger partial charge >= 0.3 is 12.2 Å². The summed E-state index contributed by atoms with van der Waals surface area (Å²) in [5, 5.41) is 13.7. The minimum atomic E-state index is -1.13. The van der Waals surface area contributed by atoms with Crippen molar-refractivity contribution in [3.63, 3.8) is 0 Å². The van der Waals surface area contributed by atoms with E-state index in [9.17, 15) is 9.59 Å². The highest BCUT2D eigenvalue weighted by atomic mass is 16.5. The Bertz CT molecular complexity index is 670. The summed E-state index contributed by atoms with van der Waals surface area (Å²) < 4.78 is 4.58. The first kappa shape index (κ1) is 14.4. The minimum Gasteiger partial charge on any atom is -0.465 e. The molecule has 6 heteroatoms. The van der Waals surface area contributed by atoms with E-state index in [0.29, 0.717) is 11.4 Å². The summed E-state index contributed by atoms with van der Waals surface area (Å²) in [4.78, 5) is 22.0. The molecule has 0 unspecified atom stereocenters. The van der Waals surface area contributed by atoms with Crippen LogP contribution in [-0.4, -0.2) is 24.4 Å². The Morgan fingerprint density at radius 3 is 2.52 bits per heavy atom. The van der Waals surface area contributed by atoms with E-state index in [1.54, 1.807) is 30.3 Å². The van der Waals surface area contributed by atoms with Crippen molar-refractivity contribution in [2.75, 3.05) is 17.7 Å². The molecule has 0 atom stereocenters. The van der Waals surface area contributed by atoms with Crippen LogP contribution in [0.5, 0.6) is 0 Å². The Morgan fingerprint density at radius 1 is 1.05 bits per heavy atom. The van der Waals surface area contributed by atoms with E-state index in [2.05, 4.69) is 15.4 Å². The van der Waals surface area contributed by atoms with Crippen LogP contribution >= 0.6 is 0 Å². The quantitative estimate of drug-likeness (QED) is 0.804. The maximum atomic E-state index is 11.4. The van der Waals surface area contributed by atoms with E-state index in [1.165, 1.54) is 7.11 Å². The third-order valence-corrected chi connectivity index (χ3v) is 2.77. The van der Waals surface area contributed by atoms with E-state index < -0.39 is 12.2 Å². The van der Waals surface area contributed by atoms with Gasteiger partial charge < -0.3 is 9.84 Å². The molecule has 21 heavy (non-hydrogen) atoms. The number of anilines is 2. The smallest absolute Gasteiger partial charge is 0.411 e. The lowest BCUT2D eigenvalue weighted by Gasteiger charge is -2.11. The van der Waals surface area contributed by atoms with Gasteiger partial charge in [0.25, 0.3) is 0 Å². The Kier molecular flexibility index (Phi) is 4.40. The topological polar surface area (TPSA) is 87.7 Å². The molecule has 6 nitrogen and oxygen atoms in total. The number of ether oxygens (including phenoxy) is 1. The second-order valence-corrected chi connectivity index (χ2v) is 4.17. The minimum absolute atomic E-state index is 0.452. The third kappa shape index (κ3) is 3.73. The number of hydrogen-bond donors (Lipinski definition) is 3. The average Bonchev–Trinajstić information content (AvgIpc) is 2.47. The van der Waals surface area contributed by atoms with Crippen LogP contribution in [0.15, 0.2) is 48.5 Å². The fourth-order valence-corrected chi connectivity index (χ4v) is 1.89. The number of hydrogen-bond acceptors (Lipinski definition) is 3. The van der Waals surface area contributed by atoms with Gasteiger partial charge in [0.1, 0.15) is 0 Å². The molecule has 0 fully saturated rings. The summed E-state index contributed by atoms with van der Waals surface area (Å²) in [6.07, 6.45) is -1.70. The van der Waals surface area contributed by atoms with Crippen LogP contribution in [0.3, 0.4) is 0 Å². The summed E-state index contributed by atoms with van der Waals surface area (Å²) in [5.41, 5.74) is 2.56. The molecule has 108 valence electrons. The van der Waals surface area contributed by atoms with Crippen LogP contribution in [0, 0.1) is 0 Å². The Balaban J connectivity index is 2.37. The predicted molar refractivity (Wildman–Crippen MR) is 79.6 cm³/mol. The van der Waals surface area contributed by atoms with E-state index in [0.717, 1.165) is 11.1 Å². The van der Waals surface area contributed by atoms with Crippen molar-refractivity contribution in [3.8, 4) is 11.1 Å². The van der Waals surface area contributed by atoms with Crippen molar-refractivity contribution >= 4 is 23.6 Å². The fourth-order valence-electron chi connectivity index (χ4n) is 1.89. The van der Waals surface area contributed by atoms with Crippen molar-refractivity contribution in [1.82, 2.24) is 0 Å². The van der Waals surface area contributed by atoms with Gasteiger partial charge in [0.2, 0.25) is 0 Å². The van der Waals surface area contributed by atoms with Crippen molar-refractivity contribution in [2.24, 2.45) is 0 Å². The highest BCUT2D eigenvalue weighted by Gasteiger charge is 2.09. The summed E-state index contributed by atoms with van der Waals surface area (Å²) in [6.45, 7) is 0. The molecule has 0 heterocycles. The van der Waals surface area contributed by atoms with Crippen LogP contribution in [-0.2, 0) is 4.74 Å². The molecule has 2 aromatic rings. The van der Waals surface area contributed by atoms with Gasteiger partial charge in [0.05, 0.1) is 12.8 Å². The zero-order valence-electron chi connectivity index (χ0n) is 11.3. The molecule has 0 aliphatic heterocycles. The molecule has 0 aromatic heterocycles. The lowest BCUT2D eigenvalue weighted by atomic mass is 10.0. The lowest BCUT2D eigenvalue weighted by molar-refractivity contribution is 0.187. The molecule has 3 N–H and O–H groups in total. The summed E-state index contributed by atoms with van der Waals surface area (Å²) >= 11 is 0. The number of carbonyl (C=O) groups excluding carboxylic acids is 1. The first-order valence-corrected chi connectivity index (χ1v) is 6.14. The first-order chi connectivity index (χ1) is 10.1. The van der Waals surface area contributed by atoms with Gasteiger partial charge in [0, 0.05) is 11.3 Å². The van der Waals surface area contributed by atoms with Crippen LogP contribution in [0.4, 0.5) is 21.0 Å². The van der Waals surface area contributed by atoms with E-state index in [-0.39, 0.29) is 0 Å². The molecular weight excluding hydrogens is 272 g/mol. The van der Waals surface area contributed by atoms with Gasteiger partial charge in [-0.2, -0.15) is 0 Å². The maximum Gasteiger partial charge on any atom is 0.411 e. The second-order valence-electron chi connectivity index (χ2n) is 4.17. The van der Waals surface area contributed by atoms with Gasteiger partial charge in [-0.25, -0.2) is 9.59 Å². The second kappa shape index (κ2) is 6.42. The number of carboxylic acid groups (broad SMARTS) is 1. The average molecular weight is 286 g/mol. The molecule has 0 saturated carbocycles. The molecule has 0 bridgehead atoms. The first-order valence-electron chi connectivity index (χ1n) is 6.14. The molecule has 0 aliphatic rings. The van der Waals surface area contributed by atoms with Gasteiger partial charge in [-0.1, -0.05) is 30.3 Å². The van der Waals surface area contributed by atoms with Gasteiger partial charge in [-0.3, -0.25) is 10.6 Å². The Morgan fingerprint density at radius 2 is 1.81 bits per heavy atom. The van der Waals surface area contributed by atoms with Crippen LogP contribution in [0.25, 0.3) is 11.1 Å². The molecule has 2 amide bonds. The lowest BCUT2D eigenvalue weighted by Crippen LogP contribution is -2.11. The molecule has 0 spiro atoms. The summed E-state index contributed by atoms with van der Waals surface area (Å²) in [6, 6.07) is 14.1. The van der Waals surface area contributed by atoms with Gasteiger partial charge in [-0.05, 0) is 23.8 Å². The van der Waals surface area contributed by atoms with Crippen molar-refractivity contribution in [3.05, 3.63) is 48.5 Å². The molecular formula is C15H14N2O4. The fraction of sp³-hybridized carbons (Fsp3) is 0.0667. The standard InChI is InChI=1S/C15H14N2O4/c1-21-15(20)17-13-8-3-2-7-12(13)10-5-4-6-11(9-10)16-14(18)19/h2-9,16H,1H3,(H,17,20)(H,18,19). The predicted octanol–water partition coefficient (Wildman–Crippen LogP) is 3.62. The molecule has 0 radical (unpaired) electrons. The van der Waals surface area contributed by atoms with Gasteiger partial charge in [-0.15, -0.1) is 0 Å². The maximum absolute atomic E-state index is 11.4. The Hall–Kier alpha value is -3.02. The largest absolute Gasteiger partial charge is 0.465 e. The van der Waals surface area contributed by atoms with E-state index in [4.69, 9.17) is 5.11 Å². The molecule has 0 aliphatic carbocycles. The number of amides is 2. The van der Waals surface area contributed by atoms with Crippen LogP contribution < -0.4 is 10.6 Å². The molecule has 2 rings (SSSR count). The highest BCUT2D eigenvalue weighted by molar-refractivity contribution is 5.92. The van der Waals surface area contributed by atoms with Crippen LogP contribution in [0.1, 0.15) is 0 Å². The number of methoxy groups -OCH3 is 1. The monoisotopic (exact) mass is 286 g/mol. The highest BCUT2D eigenvalue weighted by Crippen LogP contribution is 2.29. The number of nitrogens with one attached hydrogen (secondary N) is 2. The van der Waals surface area contributed by atoms with Crippen molar-refractivity contribution < 1.29 is 19.4 Å². The number of rotatable bonds is 3. The van der Waals surface area contributed by atoms with Crippen molar-refractivity contribution in [2.45, 2.75) is 0 Å². The zero-order valence-corrected chi connectivity index (χ0v) is 11.3. The Labute approximate surface area is 121 Å². The third-order valence-electron chi connectivity index (χ3n) is 2.77. The molecule has 0 saturated heterocycles. The molecule has 2 aromatic carbocycles. The number of para-hydroxylation sites is 1.